The second-order valence-corrected chi connectivity index (χ2v) is 5.45. The molecule has 0 bridgehead atoms. The highest BCUT2D eigenvalue weighted by Crippen LogP contribution is 2.06. The lowest BCUT2D eigenvalue weighted by Gasteiger charge is -2.06. The van der Waals surface area contributed by atoms with Crippen LogP contribution in [0, 0.1) is 0 Å². The average molecular weight is 321 g/mol. The molecule has 0 fully saturated rings. The Bertz CT molecular complexity index is 488. The summed E-state index contributed by atoms with van der Waals surface area (Å²) in [6.45, 7) is 4.93. The van der Waals surface area contributed by atoms with Crippen LogP contribution < -0.4 is 0 Å². The maximum absolute atomic E-state index is 11.9. The van der Waals surface area contributed by atoms with Gasteiger partial charge in [0, 0.05) is 0 Å². The van der Waals surface area contributed by atoms with Gasteiger partial charge in [0.25, 0.3) is 0 Å². The number of hydrogen-bond acceptors (Lipinski definition) is 5. The van der Waals surface area contributed by atoms with Gasteiger partial charge in [0.15, 0.2) is 0 Å². The van der Waals surface area contributed by atoms with Crippen LogP contribution in [0.15, 0.2) is 18.2 Å². The summed E-state index contributed by atoms with van der Waals surface area (Å²) in [7, 11) is 0. The van der Waals surface area contributed by atoms with E-state index in [4.69, 9.17) is 9.47 Å². The third-order valence-electron chi connectivity index (χ3n) is 3.38. The van der Waals surface area contributed by atoms with E-state index < -0.39 is 11.9 Å². The number of aromatic nitrogens is 1. The van der Waals surface area contributed by atoms with E-state index in [1.165, 1.54) is 18.9 Å². The normalized spacial score (nSPS) is 10.3. The first-order valence-corrected chi connectivity index (χ1v) is 8.50. The number of ether oxygens (including phenoxy) is 2. The first kappa shape index (κ1) is 19.1. The van der Waals surface area contributed by atoms with Crippen LogP contribution in [0.2, 0.25) is 0 Å². The van der Waals surface area contributed by atoms with Crippen LogP contribution in [0.3, 0.4) is 0 Å². The fourth-order valence-corrected chi connectivity index (χ4v) is 1.99. The molecule has 0 atom stereocenters. The van der Waals surface area contributed by atoms with Crippen LogP contribution in [0.5, 0.6) is 0 Å². The summed E-state index contributed by atoms with van der Waals surface area (Å²) in [6.07, 6.45) is 7.22. The molecule has 0 N–H and O–H groups in total. The molecule has 0 saturated carbocycles. The Labute approximate surface area is 138 Å². The van der Waals surface area contributed by atoms with Crippen molar-refractivity contribution < 1.29 is 19.1 Å². The number of carbonyl (C=O) groups excluding carboxylic acids is 2. The molecule has 5 heteroatoms. The molecule has 0 aromatic carbocycles. The van der Waals surface area contributed by atoms with Crippen LogP contribution in [0.1, 0.15) is 79.8 Å². The van der Waals surface area contributed by atoms with Gasteiger partial charge in [0.1, 0.15) is 11.4 Å². The maximum atomic E-state index is 11.9. The van der Waals surface area contributed by atoms with Crippen molar-refractivity contribution in [2.45, 2.75) is 58.8 Å². The van der Waals surface area contributed by atoms with Crippen LogP contribution >= 0.6 is 0 Å². The topological polar surface area (TPSA) is 65.5 Å². The van der Waals surface area contributed by atoms with Crippen molar-refractivity contribution in [3.8, 4) is 0 Å². The smallest absolute Gasteiger partial charge is 0.356 e. The summed E-state index contributed by atoms with van der Waals surface area (Å²) in [5.41, 5.74) is 0.280. The number of pyridine rings is 1. The molecule has 0 saturated heterocycles. The quantitative estimate of drug-likeness (QED) is 0.452. The van der Waals surface area contributed by atoms with Gasteiger partial charge in [-0.15, -0.1) is 0 Å². The van der Waals surface area contributed by atoms with Crippen molar-refractivity contribution in [3.63, 3.8) is 0 Å². The van der Waals surface area contributed by atoms with Crippen molar-refractivity contribution in [3.05, 3.63) is 29.6 Å². The van der Waals surface area contributed by atoms with Gasteiger partial charge in [-0.3, -0.25) is 0 Å². The Hall–Kier alpha value is -1.91. The Kier molecular flexibility index (Phi) is 9.68. The van der Waals surface area contributed by atoms with E-state index in [1.54, 1.807) is 12.1 Å². The fraction of sp³-hybridized carbons (Fsp3) is 0.611. The molecule has 0 amide bonds. The lowest BCUT2D eigenvalue weighted by atomic mass is 10.2. The van der Waals surface area contributed by atoms with E-state index in [0.717, 1.165) is 32.1 Å². The lowest BCUT2D eigenvalue weighted by Crippen LogP contribution is -2.13. The Morgan fingerprint density at radius 2 is 1.35 bits per heavy atom. The number of nitrogens with zero attached hydrogens (tertiary/aromatic N) is 1. The lowest BCUT2D eigenvalue weighted by molar-refractivity contribution is 0.0483. The second-order valence-electron chi connectivity index (χ2n) is 5.45. The molecule has 0 aliphatic carbocycles. The molecule has 0 radical (unpaired) electrons. The van der Waals surface area contributed by atoms with E-state index in [-0.39, 0.29) is 11.4 Å². The number of rotatable bonds is 11. The molecule has 1 rings (SSSR count). The Morgan fingerprint density at radius 1 is 0.826 bits per heavy atom. The predicted octanol–water partition coefficient (Wildman–Crippen LogP) is 4.17. The maximum Gasteiger partial charge on any atom is 0.356 e. The van der Waals surface area contributed by atoms with E-state index in [9.17, 15) is 9.59 Å². The summed E-state index contributed by atoms with van der Waals surface area (Å²) in [4.78, 5) is 27.8. The molecule has 0 spiro atoms. The van der Waals surface area contributed by atoms with E-state index in [1.807, 2.05) is 6.92 Å². The molecule has 1 aromatic heterocycles. The molecule has 0 aliphatic rings. The van der Waals surface area contributed by atoms with Crippen LogP contribution in [0.25, 0.3) is 0 Å². The highest BCUT2D eigenvalue weighted by Gasteiger charge is 2.14. The van der Waals surface area contributed by atoms with E-state index in [0.29, 0.717) is 13.2 Å². The zero-order valence-corrected chi connectivity index (χ0v) is 14.2. The van der Waals surface area contributed by atoms with Crippen LogP contribution in [0.4, 0.5) is 0 Å². The summed E-state index contributed by atoms with van der Waals surface area (Å²) in [6, 6.07) is 4.69. The van der Waals surface area contributed by atoms with Gasteiger partial charge in [0.05, 0.1) is 13.2 Å². The van der Waals surface area contributed by atoms with Crippen molar-refractivity contribution in [1.29, 1.82) is 0 Å². The third-order valence-corrected chi connectivity index (χ3v) is 3.38. The van der Waals surface area contributed by atoms with Crippen molar-refractivity contribution in [2.75, 3.05) is 13.2 Å². The molecular weight excluding hydrogens is 294 g/mol. The first-order chi connectivity index (χ1) is 11.2. The SMILES string of the molecule is CCCCCCCOC(=O)c1cccc(C(=O)OCCCC)n1. The molecule has 23 heavy (non-hydrogen) atoms. The summed E-state index contributed by atoms with van der Waals surface area (Å²) < 4.78 is 10.3. The molecule has 1 heterocycles. The molecule has 5 nitrogen and oxygen atoms in total. The zero-order valence-electron chi connectivity index (χ0n) is 14.2. The average Bonchev–Trinajstić information content (AvgIpc) is 2.58. The zero-order chi connectivity index (χ0) is 16.9. The highest BCUT2D eigenvalue weighted by molar-refractivity contribution is 5.91. The van der Waals surface area contributed by atoms with Crippen molar-refractivity contribution in [2.24, 2.45) is 0 Å². The second kappa shape index (κ2) is 11.6. The van der Waals surface area contributed by atoms with Gasteiger partial charge in [-0.05, 0) is 25.0 Å². The van der Waals surface area contributed by atoms with Gasteiger partial charge in [-0.25, -0.2) is 14.6 Å². The number of hydrogen-bond donors (Lipinski definition) is 0. The largest absolute Gasteiger partial charge is 0.461 e. The minimum Gasteiger partial charge on any atom is -0.461 e. The van der Waals surface area contributed by atoms with Gasteiger partial charge in [-0.1, -0.05) is 52.0 Å². The third kappa shape index (κ3) is 7.77. The molecular formula is C18H27NO4. The summed E-state index contributed by atoms with van der Waals surface area (Å²) >= 11 is 0. The summed E-state index contributed by atoms with van der Waals surface area (Å²) in [5, 5.41) is 0. The van der Waals surface area contributed by atoms with Crippen molar-refractivity contribution in [1.82, 2.24) is 4.98 Å². The molecule has 0 unspecified atom stereocenters. The van der Waals surface area contributed by atoms with E-state index >= 15 is 0 Å². The Balaban J connectivity index is 2.42. The highest BCUT2D eigenvalue weighted by atomic mass is 16.5. The van der Waals surface area contributed by atoms with Gasteiger partial charge in [-0.2, -0.15) is 0 Å². The number of carbonyl (C=O) groups is 2. The van der Waals surface area contributed by atoms with Gasteiger partial charge in [0.2, 0.25) is 0 Å². The van der Waals surface area contributed by atoms with Gasteiger partial charge < -0.3 is 9.47 Å². The number of unbranched alkanes of at least 4 members (excludes halogenated alkanes) is 5. The van der Waals surface area contributed by atoms with Crippen LogP contribution in [-0.2, 0) is 9.47 Å². The molecule has 1 aromatic rings. The van der Waals surface area contributed by atoms with Crippen LogP contribution in [-0.4, -0.2) is 30.1 Å². The van der Waals surface area contributed by atoms with E-state index in [2.05, 4.69) is 11.9 Å². The monoisotopic (exact) mass is 321 g/mol. The number of esters is 2. The van der Waals surface area contributed by atoms with Crippen molar-refractivity contribution >= 4 is 11.9 Å². The van der Waals surface area contributed by atoms with Gasteiger partial charge >= 0.3 is 11.9 Å². The first-order valence-electron chi connectivity index (χ1n) is 8.50. The minimum atomic E-state index is -0.507. The standard InChI is InChI=1S/C18H27NO4/c1-3-5-7-8-9-14-23-18(21)16-12-10-11-15(19-16)17(20)22-13-6-4-2/h10-12H,3-9,13-14H2,1-2H3. The Morgan fingerprint density at radius 3 is 1.91 bits per heavy atom. The molecule has 128 valence electrons. The summed E-state index contributed by atoms with van der Waals surface area (Å²) in [5.74, 6) is -1.00. The fourth-order valence-electron chi connectivity index (χ4n) is 1.99. The minimum absolute atomic E-state index is 0.137. The predicted molar refractivity (Wildman–Crippen MR) is 88.5 cm³/mol. The molecule has 0 aliphatic heterocycles.